The Morgan fingerprint density at radius 3 is 2.81 bits per heavy atom. The van der Waals surface area contributed by atoms with Gasteiger partial charge in [0.05, 0.1) is 28.2 Å². The predicted molar refractivity (Wildman–Crippen MR) is 132 cm³/mol. The lowest BCUT2D eigenvalue weighted by molar-refractivity contribution is -0.125. The summed E-state index contributed by atoms with van der Waals surface area (Å²) in [4.78, 5) is 24.7. The molecule has 1 amide bonds. The first-order chi connectivity index (χ1) is 17.3. The summed E-state index contributed by atoms with van der Waals surface area (Å²) in [5, 5.41) is 14.6. The minimum absolute atomic E-state index is 0.0399. The van der Waals surface area contributed by atoms with Gasteiger partial charge in [-0.25, -0.2) is 13.3 Å². The van der Waals surface area contributed by atoms with Crippen LogP contribution in [0.5, 0.6) is 0 Å². The number of nitrogens with one attached hydrogen (secondary N) is 2. The van der Waals surface area contributed by atoms with E-state index in [9.17, 15) is 14.0 Å². The van der Waals surface area contributed by atoms with Gasteiger partial charge in [-0.15, -0.1) is 0 Å². The zero-order chi connectivity index (χ0) is 25.1. The molecule has 0 bridgehead atoms. The third kappa shape index (κ3) is 3.86. The number of nitrogens with zero attached hydrogens (tertiary/aromatic N) is 3. The molecular formula is C26H24ClF2N5O2. The van der Waals surface area contributed by atoms with Gasteiger partial charge in [0.15, 0.2) is 5.82 Å². The van der Waals surface area contributed by atoms with Gasteiger partial charge < -0.3 is 5.32 Å². The maximum absolute atomic E-state index is 15.7. The molecule has 36 heavy (non-hydrogen) atoms. The van der Waals surface area contributed by atoms with Gasteiger partial charge in [-0.2, -0.15) is 10.2 Å². The Hall–Kier alpha value is -3.33. The fraction of sp³-hybridized carbons (Fsp3) is 0.385. The zero-order valence-corrected chi connectivity index (χ0v) is 20.3. The van der Waals surface area contributed by atoms with Crippen LogP contribution >= 0.6 is 11.6 Å². The van der Waals surface area contributed by atoms with E-state index in [1.54, 1.807) is 35.1 Å². The second-order valence-electron chi connectivity index (χ2n) is 9.94. The largest absolute Gasteiger partial charge is 0.309 e. The van der Waals surface area contributed by atoms with Gasteiger partial charge in [-0.3, -0.25) is 14.7 Å². The summed E-state index contributed by atoms with van der Waals surface area (Å²) in [7, 11) is 0. The lowest BCUT2D eigenvalue weighted by Crippen LogP contribution is -2.23. The molecule has 1 unspecified atom stereocenters. The number of pyridine rings is 1. The number of hydrogen-bond acceptors (Lipinski definition) is 4. The molecule has 6 rings (SSSR count). The number of ketones is 1. The van der Waals surface area contributed by atoms with Crippen molar-refractivity contribution in [3.8, 4) is 11.1 Å². The van der Waals surface area contributed by atoms with Crippen LogP contribution in [0.15, 0.2) is 30.6 Å². The fourth-order valence-electron chi connectivity index (χ4n) is 5.05. The van der Waals surface area contributed by atoms with Gasteiger partial charge in [0, 0.05) is 41.1 Å². The van der Waals surface area contributed by atoms with Gasteiger partial charge in [0.1, 0.15) is 17.8 Å². The molecule has 3 atom stereocenters. The molecule has 0 aliphatic heterocycles. The number of halogens is 3. The molecule has 1 aromatic carbocycles. The molecule has 0 radical (unpaired) electrons. The van der Waals surface area contributed by atoms with Gasteiger partial charge in [0.2, 0.25) is 5.91 Å². The zero-order valence-electron chi connectivity index (χ0n) is 19.5. The number of fused-ring (bicyclic) bond motifs is 2. The number of benzene rings is 1. The number of carbonyl (C=O) groups is 2. The molecule has 3 aromatic heterocycles. The molecule has 0 spiro atoms. The van der Waals surface area contributed by atoms with Crippen LogP contribution in [0.1, 0.15) is 50.5 Å². The van der Waals surface area contributed by atoms with Crippen LogP contribution in [0, 0.1) is 17.7 Å². The Bertz CT molecular complexity index is 1530. The van der Waals surface area contributed by atoms with Crippen molar-refractivity contribution in [2.45, 2.75) is 51.1 Å². The van der Waals surface area contributed by atoms with Gasteiger partial charge in [-0.1, -0.05) is 24.9 Å². The van der Waals surface area contributed by atoms with E-state index in [0.29, 0.717) is 38.9 Å². The van der Waals surface area contributed by atoms with Crippen LogP contribution in [0.25, 0.3) is 27.5 Å². The number of aromatic amines is 1. The van der Waals surface area contributed by atoms with E-state index in [1.807, 2.05) is 6.92 Å². The number of H-pyrrole nitrogens is 1. The van der Waals surface area contributed by atoms with Crippen LogP contribution < -0.4 is 5.32 Å². The average molecular weight is 512 g/mol. The van der Waals surface area contributed by atoms with Crippen molar-refractivity contribution >= 4 is 45.5 Å². The number of carbonyl (C=O) groups excluding carboxylic acids is 2. The highest BCUT2D eigenvalue weighted by Crippen LogP contribution is 2.43. The summed E-state index contributed by atoms with van der Waals surface area (Å²) >= 11 is 6.61. The lowest BCUT2D eigenvalue weighted by Gasteiger charge is -2.25. The maximum Gasteiger partial charge on any atom is 0.231 e. The lowest BCUT2D eigenvalue weighted by atomic mass is 9.78. The number of aromatic nitrogens is 4. The summed E-state index contributed by atoms with van der Waals surface area (Å²) < 4.78 is 30.5. The normalized spacial score (nSPS) is 20.4. The number of anilines is 1. The molecule has 2 aliphatic carbocycles. The van der Waals surface area contributed by atoms with Crippen LogP contribution in [0.3, 0.4) is 0 Å². The molecule has 4 aromatic rings. The number of amides is 1. The van der Waals surface area contributed by atoms with Crippen molar-refractivity contribution in [2.24, 2.45) is 11.8 Å². The summed E-state index contributed by atoms with van der Waals surface area (Å²) in [6.45, 7) is 1.84. The summed E-state index contributed by atoms with van der Waals surface area (Å²) in [6.07, 6.45) is 5.57. The Morgan fingerprint density at radius 1 is 1.33 bits per heavy atom. The maximum atomic E-state index is 15.7. The highest BCUT2D eigenvalue weighted by atomic mass is 35.5. The van der Waals surface area contributed by atoms with Crippen molar-refractivity contribution in [1.82, 2.24) is 19.8 Å². The van der Waals surface area contributed by atoms with Crippen molar-refractivity contribution < 1.29 is 18.4 Å². The number of rotatable bonds is 7. The Kier molecular flexibility index (Phi) is 5.55. The molecule has 2 N–H and O–H groups in total. The van der Waals surface area contributed by atoms with Gasteiger partial charge in [-0.05, 0) is 42.9 Å². The quantitative estimate of drug-likeness (QED) is 0.326. The van der Waals surface area contributed by atoms with Gasteiger partial charge in [0.25, 0.3) is 0 Å². The average Bonchev–Trinajstić information content (AvgIpc) is 3.15. The molecule has 10 heteroatoms. The predicted octanol–water partition coefficient (Wildman–Crippen LogP) is 5.83. The van der Waals surface area contributed by atoms with E-state index in [0.717, 1.165) is 19.3 Å². The first-order valence-electron chi connectivity index (χ1n) is 12.1. The Morgan fingerprint density at radius 2 is 2.11 bits per heavy atom. The molecular weight excluding hydrogens is 488 g/mol. The van der Waals surface area contributed by atoms with Crippen molar-refractivity contribution in [3.63, 3.8) is 0 Å². The molecule has 0 saturated heterocycles. The third-order valence-corrected chi connectivity index (χ3v) is 7.79. The molecule has 186 valence electrons. The summed E-state index contributed by atoms with van der Waals surface area (Å²) in [5.74, 6) is -1.37. The molecule has 7 nitrogen and oxygen atoms in total. The van der Waals surface area contributed by atoms with Crippen LogP contribution in [0.2, 0.25) is 5.02 Å². The number of hydrogen-bond donors (Lipinski definition) is 2. The Labute approximate surface area is 210 Å². The van der Waals surface area contributed by atoms with E-state index in [4.69, 9.17) is 11.6 Å². The molecule has 2 aliphatic rings. The number of Topliss-reactive ketones (excluding diaryl/α,β-unsaturated/α-hetero) is 1. The van der Waals surface area contributed by atoms with E-state index in [-0.39, 0.29) is 35.5 Å². The first-order valence-corrected chi connectivity index (χ1v) is 12.5. The second kappa shape index (κ2) is 8.65. The topological polar surface area (TPSA) is 92.2 Å². The van der Waals surface area contributed by atoms with E-state index in [2.05, 4.69) is 20.6 Å². The van der Waals surface area contributed by atoms with Gasteiger partial charge >= 0.3 is 0 Å². The number of alkyl halides is 1. The second-order valence-corrected chi connectivity index (χ2v) is 10.3. The first kappa shape index (κ1) is 23.1. The smallest absolute Gasteiger partial charge is 0.231 e. The molecule has 2 fully saturated rings. The standard InChI is InChI=1S/C26H24ClF2N5O2/c1-12(7-19(35)13-3-2-4-13)21-24(29)23(27)22(17-11-30-32-25(17)21)14-5-6-34-15(8-14)9-20(33-34)31-26(36)16-10-18(16)28/h5-6,8-9,11-13,16,18H,2-4,7,10H2,1H3,(H,30,32)(H,31,33,36)/t12?,16-,18+/m1/s1. The Balaban J connectivity index is 1.35. The SMILES string of the molecule is CC(CC(=O)C1CCC1)c1c(F)c(Cl)c(-c2ccn3nc(NC(=O)[C@@H]4C[C@@H]4F)cc3c2)c2cn[nH]c12. The summed E-state index contributed by atoms with van der Waals surface area (Å²) in [6, 6.07) is 5.20. The fourth-order valence-corrected chi connectivity index (χ4v) is 5.36. The summed E-state index contributed by atoms with van der Waals surface area (Å²) in [5.41, 5.74) is 2.66. The van der Waals surface area contributed by atoms with Crippen LogP contribution in [-0.2, 0) is 9.59 Å². The van der Waals surface area contributed by atoms with E-state index in [1.165, 1.54) is 0 Å². The minimum atomic E-state index is -1.09. The molecule has 3 heterocycles. The highest BCUT2D eigenvalue weighted by Gasteiger charge is 2.43. The van der Waals surface area contributed by atoms with E-state index < -0.39 is 23.8 Å². The van der Waals surface area contributed by atoms with Crippen molar-refractivity contribution in [1.29, 1.82) is 0 Å². The van der Waals surface area contributed by atoms with Crippen LogP contribution in [-0.4, -0.2) is 37.7 Å². The minimum Gasteiger partial charge on any atom is -0.309 e. The third-order valence-electron chi connectivity index (χ3n) is 7.44. The monoisotopic (exact) mass is 511 g/mol. The van der Waals surface area contributed by atoms with Crippen molar-refractivity contribution in [3.05, 3.63) is 47.0 Å². The van der Waals surface area contributed by atoms with Crippen molar-refractivity contribution in [2.75, 3.05) is 5.32 Å². The van der Waals surface area contributed by atoms with E-state index >= 15 is 4.39 Å². The molecule has 2 saturated carbocycles. The highest BCUT2D eigenvalue weighted by molar-refractivity contribution is 6.35. The van der Waals surface area contributed by atoms with Crippen LogP contribution in [0.4, 0.5) is 14.6 Å².